The first-order chi connectivity index (χ1) is 6.79. The first-order valence-electron chi connectivity index (χ1n) is 5.72. The van der Waals surface area contributed by atoms with Crippen LogP contribution in [0, 0.1) is 11.8 Å². The number of nitrogens with zero attached hydrogens (tertiary/aromatic N) is 1. The summed E-state index contributed by atoms with van der Waals surface area (Å²) in [5.41, 5.74) is 0. The van der Waals surface area contributed by atoms with E-state index in [1.165, 1.54) is 32.4 Å². The zero-order valence-corrected chi connectivity index (χ0v) is 10.2. The van der Waals surface area contributed by atoms with Crippen LogP contribution in [0.4, 0.5) is 4.39 Å². The molecule has 82 valence electrons. The van der Waals surface area contributed by atoms with E-state index < -0.39 is 0 Å². The third-order valence-electron chi connectivity index (χ3n) is 3.67. The minimum absolute atomic E-state index is 0.160. The lowest BCUT2D eigenvalue weighted by Gasteiger charge is -2.27. The summed E-state index contributed by atoms with van der Waals surface area (Å²) in [6.45, 7) is 3.25. The van der Waals surface area contributed by atoms with Gasteiger partial charge in [-0.1, -0.05) is 15.9 Å². The molecule has 2 aliphatic rings. The maximum absolute atomic E-state index is 12.0. The number of alkyl halides is 2. The van der Waals surface area contributed by atoms with Gasteiger partial charge in [-0.15, -0.1) is 0 Å². The maximum atomic E-state index is 12.0. The molecule has 0 bridgehead atoms. The van der Waals surface area contributed by atoms with Crippen molar-refractivity contribution in [2.45, 2.75) is 30.5 Å². The van der Waals surface area contributed by atoms with E-state index in [9.17, 15) is 4.39 Å². The summed E-state index contributed by atoms with van der Waals surface area (Å²) in [4.78, 5) is 3.20. The lowest BCUT2D eigenvalue weighted by molar-refractivity contribution is 0.298. The highest BCUT2D eigenvalue weighted by Gasteiger charge is 2.36. The number of rotatable bonds is 3. The van der Waals surface area contributed by atoms with E-state index in [-0.39, 0.29) is 6.67 Å². The number of likely N-dealkylation sites (tertiary alicyclic amines) is 1. The van der Waals surface area contributed by atoms with Crippen LogP contribution < -0.4 is 0 Å². The van der Waals surface area contributed by atoms with Gasteiger partial charge in [-0.05, 0) is 37.5 Å². The second-order valence-electron chi connectivity index (χ2n) is 4.73. The minimum atomic E-state index is -0.160. The average Bonchev–Trinajstić information content (AvgIpc) is 2.56. The minimum Gasteiger partial charge on any atom is -0.303 e. The van der Waals surface area contributed by atoms with Gasteiger partial charge in [-0.25, -0.2) is 0 Å². The van der Waals surface area contributed by atoms with Gasteiger partial charge >= 0.3 is 0 Å². The van der Waals surface area contributed by atoms with Gasteiger partial charge in [0.2, 0.25) is 0 Å². The van der Waals surface area contributed by atoms with Crippen LogP contribution in [-0.2, 0) is 0 Å². The molecule has 0 aromatic rings. The van der Waals surface area contributed by atoms with E-state index in [4.69, 9.17) is 0 Å². The Bertz CT molecular complexity index is 188. The molecule has 3 heteroatoms. The highest BCUT2D eigenvalue weighted by Crippen LogP contribution is 2.38. The normalized spacial score (nSPS) is 38.6. The van der Waals surface area contributed by atoms with Crippen molar-refractivity contribution in [3.8, 4) is 0 Å². The molecular weight excluding hydrogens is 245 g/mol. The molecule has 14 heavy (non-hydrogen) atoms. The molecule has 1 nitrogen and oxygen atoms in total. The fourth-order valence-electron chi connectivity index (χ4n) is 2.94. The standard InChI is InChI=1S/C11H19BrFN/c12-11-3-2-9-7-14(5-1-4-13)8-10(9)6-11/h9-11H,1-8H2. The van der Waals surface area contributed by atoms with Crippen molar-refractivity contribution < 1.29 is 4.39 Å². The summed E-state index contributed by atoms with van der Waals surface area (Å²) in [6.07, 6.45) is 4.75. The van der Waals surface area contributed by atoms with Crippen LogP contribution in [0.25, 0.3) is 0 Å². The number of halogens is 2. The molecule has 0 aromatic heterocycles. The van der Waals surface area contributed by atoms with Crippen molar-refractivity contribution in [2.75, 3.05) is 26.3 Å². The Morgan fingerprint density at radius 2 is 2.00 bits per heavy atom. The van der Waals surface area contributed by atoms with Gasteiger partial charge in [0.1, 0.15) is 0 Å². The van der Waals surface area contributed by atoms with Gasteiger partial charge in [-0.3, -0.25) is 4.39 Å². The van der Waals surface area contributed by atoms with Crippen molar-refractivity contribution in [1.29, 1.82) is 0 Å². The van der Waals surface area contributed by atoms with E-state index >= 15 is 0 Å². The fraction of sp³-hybridized carbons (Fsp3) is 1.00. The lowest BCUT2D eigenvalue weighted by Crippen LogP contribution is -2.23. The SMILES string of the molecule is FCCCN1CC2CCC(Br)CC2C1. The molecule has 2 rings (SSSR count). The molecule has 1 aliphatic heterocycles. The molecular formula is C11H19BrFN. The van der Waals surface area contributed by atoms with Crippen LogP contribution in [-0.4, -0.2) is 36.0 Å². The first kappa shape index (κ1) is 10.9. The Hall–Kier alpha value is 0.370. The smallest absolute Gasteiger partial charge is 0.0906 e. The zero-order valence-electron chi connectivity index (χ0n) is 8.59. The predicted molar refractivity (Wildman–Crippen MR) is 60.6 cm³/mol. The van der Waals surface area contributed by atoms with E-state index in [0.717, 1.165) is 29.6 Å². The molecule has 1 saturated heterocycles. The van der Waals surface area contributed by atoms with Crippen LogP contribution in [0.5, 0.6) is 0 Å². The Labute approximate surface area is 94.2 Å². The third kappa shape index (κ3) is 2.48. The quantitative estimate of drug-likeness (QED) is 0.708. The van der Waals surface area contributed by atoms with E-state index in [1.807, 2.05) is 0 Å². The molecule has 0 amide bonds. The van der Waals surface area contributed by atoms with Gasteiger partial charge in [0.25, 0.3) is 0 Å². The summed E-state index contributed by atoms with van der Waals surface area (Å²) >= 11 is 3.72. The van der Waals surface area contributed by atoms with Crippen LogP contribution in [0.1, 0.15) is 25.7 Å². The average molecular weight is 264 g/mol. The number of hydrogen-bond donors (Lipinski definition) is 0. The fourth-order valence-corrected chi connectivity index (χ4v) is 3.68. The number of fused-ring (bicyclic) bond motifs is 1. The molecule has 2 fully saturated rings. The van der Waals surface area contributed by atoms with Crippen LogP contribution in [0.2, 0.25) is 0 Å². The van der Waals surface area contributed by atoms with Crippen molar-refractivity contribution in [1.82, 2.24) is 4.90 Å². The molecule has 0 N–H and O–H groups in total. The Morgan fingerprint density at radius 3 is 2.79 bits per heavy atom. The highest BCUT2D eigenvalue weighted by molar-refractivity contribution is 9.09. The number of hydrogen-bond acceptors (Lipinski definition) is 1. The van der Waals surface area contributed by atoms with Gasteiger partial charge in [-0.2, -0.15) is 0 Å². The summed E-state index contributed by atoms with van der Waals surface area (Å²) in [7, 11) is 0. The molecule has 1 heterocycles. The van der Waals surface area contributed by atoms with Crippen LogP contribution in [0.3, 0.4) is 0 Å². The van der Waals surface area contributed by atoms with Crippen molar-refractivity contribution in [3.63, 3.8) is 0 Å². The van der Waals surface area contributed by atoms with Gasteiger partial charge in [0.05, 0.1) is 6.67 Å². The second-order valence-corrected chi connectivity index (χ2v) is 6.03. The molecule has 0 aromatic carbocycles. The monoisotopic (exact) mass is 263 g/mol. The van der Waals surface area contributed by atoms with Crippen LogP contribution in [0.15, 0.2) is 0 Å². The lowest BCUT2D eigenvalue weighted by atomic mass is 9.82. The van der Waals surface area contributed by atoms with Gasteiger partial charge in [0, 0.05) is 24.5 Å². The van der Waals surface area contributed by atoms with Gasteiger partial charge in [0.15, 0.2) is 0 Å². The molecule has 0 radical (unpaired) electrons. The largest absolute Gasteiger partial charge is 0.303 e. The third-order valence-corrected chi connectivity index (χ3v) is 4.50. The van der Waals surface area contributed by atoms with Crippen molar-refractivity contribution >= 4 is 15.9 Å². The van der Waals surface area contributed by atoms with Crippen molar-refractivity contribution in [2.24, 2.45) is 11.8 Å². The summed E-state index contributed by atoms with van der Waals surface area (Å²) in [5.74, 6) is 1.79. The molecule has 0 spiro atoms. The topological polar surface area (TPSA) is 3.24 Å². The molecule has 3 unspecified atom stereocenters. The van der Waals surface area contributed by atoms with E-state index in [0.29, 0.717) is 0 Å². The van der Waals surface area contributed by atoms with Gasteiger partial charge < -0.3 is 4.90 Å². The maximum Gasteiger partial charge on any atom is 0.0906 e. The summed E-state index contributed by atoms with van der Waals surface area (Å²) < 4.78 is 12.0. The zero-order chi connectivity index (χ0) is 9.97. The summed E-state index contributed by atoms with van der Waals surface area (Å²) in [6, 6.07) is 0. The summed E-state index contributed by atoms with van der Waals surface area (Å²) in [5, 5.41) is 0. The molecule has 1 aliphatic carbocycles. The molecule has 1 saturated carbocycles. The Balaban J connectivity index is 1.80. The second kappa shape index (κ2) is 4.93. The van der Waals surface area contributed by atoms with E-state index in [1.54, 1.807) is 0 Å². The highest BCUT2D eigenvalue weighted by atomic mass is 79.9. The van der Waals surface area contributed by atoms with E-state index in [2.05, 4.69) is 20.8 Å². The molecule has 3 atom stereocenters. The Kier molecular flexibility index (Phi) is 3.83. The van der Waals surface area contributed by atoms with Crippen LogP contribution >= 0.6 is 15.9 Å². The Morgan fingerprint density at radius 1 is 1.21 bits per heavy atom. The van der Waals surface area contributed by atoms with Crippen molar-refractivity contribution in [3.05, 3.63) is 0 Å². The predicted octanol–water partition coefficient (Wildman–Crippen LogP) is 2.84. The first-order valence-corrected chi connectivity index (χ1v) is 6.63.